The molecule has 21 rings (SSSR count). The minimum Gasteiger partial charge on any atom is -0.311 e. The van der Waals surface area contributed by atoms with Crippen LogP contribution in [0.3, 0.4) is 0 Å². The fourth-order valence-corrected chi connectivity index (χ4v) is 23.4. The van der Waals surface area contributed by atoms with Crippen molar-refractivity contribution in [1.29, 1.82) is 0 Å². The standard InChI is InChI=1S/C59H46N2SSi.C56H48N2SSi/c1-63(2,3)49-35-32-47(33-36-49)60(44-19-9-5-10-20-44)46-30-27-41(28-31-46)43-29-37-53-55(39-43)51-24-13-14-25-52(51)58-54-38-34-48(40-57(54)62-59(53)58)61(45-21-11-6-12-22-45)56-26-16-15-23-50(56)42-17-7-4-8-18-42;1-37-33-38(2)55(39(3)34-37)58(43-17-11-8-12-18-43)46-28-32-51-53(36-46)59-56-50-31-23-41(35-52(50)48-19-13-14-20-49(48)54(51)56)40-21-24-44(25-22-40)57(42-15-9-7-10-16-42)45-26-29-47(30-27-45)60(4,5)6/h4-40H,1-3H3;7-36H,1-6H3. The van der Waals surface area contributed by atoms with Gasteiger partial charge in [0.2, 0.25) is 0 Å². The Kier molecular flexibility index (Phi) is 20.5. The highest BCUT2D eigenvalue weighted by Gasteiger charge is 2.26. The zero-order valence-corrected chi connectivity index (χ0v) is 74.4. The second-order valence-electron chi connectivity index (χ2n) is 34.6. The Hall–Kier alpha value is -13.7. The van der Waals surface area contributed by atoms with Gasteiger partial charge in [-0.2, -0.15) is 0 Å². The Morgan fingerprint density at radius 1 is 0.211 bits per heavy atom. The summed E-state index contributed by atoms with van der Waals surface area (Å²) in [5.41, 5.74) is 24.9. The topological polar surface area (TPSA) is 13.0 Å². The molecule has 8 heteroatoms. The first-order valence-electron chi connectivity index (χ1n) is 42.7. The maximum atomic E-state index is 2.44. The first-order valence-corrected chi connectivity index (χ1v) is 51.3. The summed E-state index contributed by atoms with van der Waals surface area (Å²) in [6.07, 6.45) is 0. The highest BCUT2D eigenvalue weighted by molar-refractivity contribution is 7.27. The van der Waals surface area contributed by atoms with Gasteiger partial charge in [-0.1, -0.05) is 322 Å². The van der Waals surface area contributed by atoms with Crippen molar-refractivity contribution in [1.82, 2.24) is 0 Å². The van der Waals surface area contributed by atoms with E-state index in [9.17, 15) is 0 Å². The number of fused-ring (bicyclic) bond motifs is 16. The Labute approximate surface area is 731 Å². The van der Waals surface area contributed by atoms with Crippen LogP contribution in [0.25, 0.3) is 117 Å². The highest BCUT2D eigenvalue weighted by Crippen LogP contribution is 2.52. The summed E-state index contributed by atoms with van der Waals surface area (Å²) in [5.74, 6) is 0. The fourth-order valence-electron chi connectivity index (χ4n) is 18.4. The van der Waals surface area contributed by atoms with Crippen LogP contribution in [0.4, 0.5) is 68.2 Å². The number of para-hydroxylation sites is 5. The third kappa shape index (κ3) is 14.8. The van der Waals surface area contributed by atoms with E-state index in [1.54, 1.807) is 0 Å². The minimum atomic E-state index is -1.42. The number of hydrogen-bond acceptors (Lipinski definition) is 6. The van der Waals surface area contributed by atoms with E-state index in [4.69, 9.17) is 0 Å². The van der Waals surface area contributed by atoms with Crippen LogP contribution in [0.5, 0.6) is 0 Å². The summed E-state index contributed by atoms with van der Waals surface area (Å²) in [4.78, 5) is 9.56. The van der Waals surface area contributed by atoms with Crippen LogP contribution in [-0.4, -0.2) is 16.1 Å². The molecule has 2 heterocycles. The van der Waals surface area contributed by atoms with Gasteiger partial charge in [0.05, 0.1) is 27.5 Å². The molecule has 594 valence electrons. The molecule has 0 atom stereocenters. The summed E-state index contributed by atoms with van der Waals surface area (Å²) in [7, 11) is -2.83. The van der Waals surface area contributed by atoms with Gasteiger partial charge >= 0.3 is 0 Å². The van der Waals surface area contributed by atoms with E-state index in [2.05, 4.69) is 486 Å². The van der Waals surface area contributed by atoms with Crippen LogP contribution < -0.4 is 30.0 Å². The molecule has 0 saturated heterocycles. The van der Waals surface area contributed by atoms with Gasteiger partial charge < -0.3 is 19.6 Å². The molecule has 19 aromatic carbocycles. The average Bonchev–Trinajstić information content (AvgIpc) is 1.62. The van der Waals surface area contributed by atoms with Gasteiger partial charge in [-0.25, -0.2) is 0 Å². The lowest BCUT2D eigenvalue weighted by atomic mass is 9.94. The number of benzene rings is 19. The number of nitrogens with zero attached hydrogens (tertiary/aromatic N) is 4. The third-order valence-electron chi connectivity index (χ3n) is 24.4. The lowest BCUT2D eigenvalue weighted by Gasteiger charge is -2.29. The molecule has 2 aromatic heterocycles. The lowest BCUT2D eigenvalue weighted by Crippen LogP contribution is -2.37. The molecular formula is C115H94N4S2Si2. The van der Waals surface area contributed by atoms with Gasteiger partial charge in [-0.3, -0.25) is 0 Å². The smallest absolute Gasteiger partial charge is 0.0775 e. The summed E-state index contributed by atoms with van der Waals surface area (Å²) in [5, 5.41) is 18.5. The summed E-state index contributed by atoms with van der Waals surface area (Å²) in [6.45, 7) is 21.1. The van der Waals surface area contributed by atoms with Crippen molar-refractivity contribution in [3.8, 4) is 33.4 Å². The molecule has 0 radical (unpaired) electrons. The molecule has 21 aromatic rings. The van der Waals surface area contributed by atoms with Crippen LogP contribution in [-0.2, 0) is 0 Å². The SMILES string of the molecule is C[Si](C)(C)c1ccc(N(c2ccccc2)c2ccc(-c3ccc4c(c3)c3ccccc3c3c5ccc(N(c6ccccc6)c6ccccc6-c6ccccc6)cc5sc43)cc2)cc1.Cc1cc(C)c(N(c2ccccc2)c2ccc3c(c2)sc2c4ccc(-c5ccc(N(c6ccccc6)c6ccc([Si](C)(C)C)cc6)cc5)cc4c4ccccc4c32)c(C)c1. The second-order valence-corrected chi connectivity index (χ2v) is 46.8. The van der Waals surface area contributed by atoms with Gasteiger partial charge in [0.15, 0.2) is 0 Å². The Morgan fingerprint density at radius 3 is 0.927 bits per heavy atom. The van der Waals surface area contributed by atoms with E-state index in [0.717, 1.165) is 51.2 Å². The van der Waals surface area contributed by atoms with E-state index >= 15 is 0 Å². The first-order chi connectivity index (χ1) is 60.0. The zero-order chi connectivity index (χ0) is 83.6. The van der Waals surface area contributed by atoms with Gasteiger partial charge in [-0.15, -0.1) is 22.7 Å². The van der Waals surface area contributed by atoms with Gasteiger partial charge in [-0.05, 0) is 232 Å². The van der Waals surface area contributed by atoms with Crippen molar-refractivity contribution in [2.24, 2.45) is 0 Å². The van der Waals surface area contributed by atoms with E-state index < -0.39 is 16.1 Å². The molecule has 0 N–H and O–H groups in total. The molecule has 0 aliphatic rings. The molecule has 0 aliphatic carbocycles. The summed E-state index contributed by atoms with van der Waals surface area (Å²) in [6, 6.07) is 150. The van der Waals surface area contributed by atoms with Crippen LogP contribution in [0, 0.1) is 20.8 Å². The van der Waals surface area contributed by atoms with Crippen LogP contribution in [0.15, 0.2) is 406 Å². The molecule has 0 saturated carbocycles. The summed E-state index contributed by atoms with van der Waals surface area (Å²) < 4.78 is 5.23. The largest absolute Gasteiger partial charge is 0.311 e. The molecule has 0 fully saturated rings. The van der Waals surface area contributed by atoms with Gasteiger partial charge in [0, 0.05) is 114 Å². The Balaban J connectivity index is 0.000000156. The van der Waals surface area contributed by atoms with Crippen molar-refractivity contribution in [2.75, 3.05) is 19.6 Å². The molecule has 0 spiro atoms. The minimum absolute atomic E-state index is 1.13. The zero-order valence-electron chi connectivity index (χ0n) is 70.8. The van der Waals surface area contributed by atoms with E-state index in [0.29, 0.717) is 0 Å². The van der Waals surface area contributed by atoms with Crippen LogP contribution >= 0.6 is 22.7 Å². The van der Waals surface area contributed by atoms with Crippen molar-refractivity contribution < 1.29 is 0 Å². The summed E-state index contributed by atoms with van der Waals surface area (Å²) >= 11 is 3.82. The lowest BCUT2D eigenvalue weighted by molar-refractivity contribution is 1.21. The number of hydrogen-bond donors (Lipinski definition) is 0. The van der Waals surface area contributed by atoms with Crippen molar-refractivity contribution in [3.05, 3.63) is 423 Å². The predicted molar refractivity (Wildman–Crippen MR) is 544 cm³/mol. The molecule has 4 nitrogen and oxygen atoms in total. The van der Waals surface area contributed by atoms with Crippen molar-refractivity contribution in [3.63, 3.8) is 0 Å². The maximum Gasteiger partial charge on any atom is 0.0775 e. The molecule has 123 heavy (non-hydrogen) atoms. The van der Waals surface area contributed by atoms with E-state index in [1.165, 1.54) is 161 Å². The highest BCUT2D eigenvalue weighted by atomic mass is 32.1. The number of aryl methyl sites for hydroxylation is 3. The van der Waals surface area contributed by atoms with Crippen LogP contribution in [0.2, 0.25) is 39.3 Å². The first kappa shape index (κ1) is 77.9. The average molecular weight is 1650 g/mol. The molecule has 0 amide bonds. The van der Waals surface area contributed by atoms with Gasteiger partial charge in [0.25, 0.3) is 0 Å². The molecular weight excluding hydrogens is 1560 g/mol. The monoisotopic (exact) mass is 1650 g/mol. The Bertz CT molecular complexity index is 7490. The number of rotatable bonds is 17. The fraction of sp³-hybridized carbons (Fsp3) is 0.0783. The van der Waals surface area contributed by atoms with Gasteiger partial charge in [0.1, 0.15) is 0 Å². The van der Waals surface area contributed by atoms with E-state index in [1.807, 2.05) is 22.7 Å². The normalized spacial score (nSPS) is 11.8. The van der Waals surface area contributed by atoms with Crippen LogP contribution in [0.1, 0.15) is 16.7 Å². The molecule has 0 aliphatic heterocycles. The van der Waals surface area contributed by atoms with E-state index in [-0.39, 0.29) is 0 Å². The molecule has 0 unspecified atom stereocenters. The number of anilines is 12. The van der Waals surface area contributed by atoms with Crippen molar-refractivity contribution >= 4 is 201 Å². The predicted octanol–water partition coefficient (Wildman–Crippen LogP) is 33.6. The molecule has 0 bridgehead atoms. The quantitative estimate of drug-likeness (QED) is 0.0665. The third-order valence-corrected chi connectivity index (χ3v) is 30.9. The maximum absolute atomic E-state index is 2.44. The second kappa shape index (κ2) is 32.4. The van der Waals surface area contributed by atoms with Crippen molar-refractivity contribution in [2.45, 2.75) is 60.1 Å². The Morgan fingerprint density at radius 2 is 0.520 bits per heavy atom. The number of thiophene rings is 2.